The molecule has 0 unspecified atom stereocenters. The lowest BCUT2D eigenvalue weighted by Crippen LogP contribution is -2.43. The number of aliphatic hydroxyl groups is 2. The number of carbonyl (C=O) groups excluding carboxylic acids is 1. The minimum atomic E-state index is -4.12. The highest BCUT2D eigenvalue weighted by molar-refractivity contribution is 7.84. The minimum Gasteiger partial charge on any atom is -0.390 e. The summed E-state index contributed by atoms with van der Waals surface area (Å²) in [6.07, 6.45) is 0.633. The molecule has 1 aliphatic rings. The van der Waals surface area contributed by atoms with E-state index in [0.29, 0.717) is 5.56 Å². The van der Waals surface area contributed by atoms with Crippen molar-refractivity contribution in [3.8, 4) is 0 Å². The first-order valence-corrected chi connectivity index (χ1v) is 7.99. The topological polar surface area (TPSA) is 152 Å². The molecule has 4 atom stereocenters. The molecule has 0 aromatic carbocycles. The Morgan fingerprint density at radius 2 is 2.00 bits per heavy atom. The fourth-order valence-corrected chi connectivity index (χ4v) is 2.73. The molecule has 1 saturated carbocycles. The van der Waals surface area contributed by atoms with Crippen LogP contribution in [0.5, 0.6) is 0 Å². The Hall–Kier alpha value is -1.59. The van der Waals surface area contributed by atoms with Crippen LogP contribution in [0.2, 0.25) is 0 Å². The highest BCUT2D eigenvalue weighted by atomic mass is 32.2. The summed E-state index contributed by atoms with van der Waals surface area (Å²) in [4.78, 5) is 15.8. The molecule has 1 aliphatic carbocycles. The third-order valence-corrected chi connectivity index (χ3v) is 3.97. The molecule has 1 heterocycles. The quantitative estimate of drug-likeness (QED) is 0.494. The van der Waals surface area contributed by atoms with E-state index in [1.54, 1.807) is 0 Å². The Labute approximate surface area is 127 Å². The molecule has 2 rings (SSSR count). The average Bonchev–Trinajstić information content (AvgIpc) is 2.73. The van der Waals surface area contributed by atoms with E-state index in [1.807, 2.05) is 0 Å². The van der Waals surface area contributed by atoms with Gasteiger partial charge in [-0.15, -0.1) is 0 Å². The first-order chi connectivity index (χ1) is 10.3. The third kappa shape index (κ3) is 4.21. The highest BCUT2D eigenvalue weighted by Gasteiger charge is 2.42. The van der Waals surface area contributed by atoms with Crippen LogP contribution in [0.1, 0.15) is 16.8 Å². The van der Waals surface area contributed by atoms with Gasteiger partial charge in [0.05, 0.1) is 18.8 Å². The predicted octanol–water partition coefficient (Wildman–Crippen LogP) is -1.86. The van der Waals surface area contributed by atoms with Crippen LogP contribution < -0.4 is 10.5 Å². The molecule has 0 spiro atoms. The number of nitrogens with one attached hydrogen (secondary N) is 1. The third-order valence-electron chi connectivity index (χ3n) is 3.51. The van der Waals surface area contributed by atoms with Crippen molar-refractivity contribution >= 4 is 16.2 Å². The molecule has 1 aromatic heterocycles. The molecule has 0 aliphatic heterocycles. The minimum absolute atomic E-state index is 0.161. The fraction of sp³-hybridized carbons (Fsp3) is 0.500. The lowest BCUT2D eigenvalue weighted by Gasteiger charge is -2.18. The number of nitrogens with two attached hydrogens (primary N) is 1. The van der Waals surface area contributed by atoms with Crippen LogP contribution in [-0.4, -0.2) is 54.4 Å². The molecule has 1 amide bonds. The van der Waals surface area contributed by atoms with Crippen molar-refractivity contribution in [3.63, 3.8) is 0 Å². The van der Waals surface area contributed by atoms with Gasteiger partial charge in [0.15, 0.2) is 0 Å². The number of nitrogens with zero attached hydrogens (tertiary/aromatic N) is 1. The zero-order chi connectivity index (χ0) is 16.3. The number of rotatable bonds is 5. The Morgan fingerprint density at radius 1 is 1.36 bits per heavy atom. The Balaban J connectivity index is 1.96. The SMILES string of the molecule is NS(=O)(=O)OC[C@H]1C[C@@H](NC(=O)c2ccncc2)[C@H](O)[C@@H]1O. The molecule has 0 saturated heterocycles. The van der Waals surface area contributed by atoms with Crippen LogP contribution in [0.4, 0.5) is 0 Å². The summed E-state index contributed by atoms with van der Waals surface area (Å²) in [6, 6.07) is 2.30. The van der Waals surface area contributed by atoms with Gasteiger partial charge >= 0.3 is 10.3 Å². The van der Waals surface area contributed by atoms with E-state index in [-0.39, 0.29) is 13.0 Å². The van der Waals surface area contributed by atoms with Gasteiger partial charge in [-0.3, -0.25) is 14.0 Å². The number of aliphatic hydroxyl groups excluding tert-OH is 2. The van der Waals surface area contributed by atoms with Gasteiger partial charge in [0, 0.05) is 23.9 Å². The molecular formula is C12H17N3O6S. The maximum Gasteiger partial charge on any atom is 0.333 e. The lowest BCUT2D eigenvalue weighted by atomic mass is 10.1. The second-order valence-corrected chi connectivity index (χ2v) is 6.29. The van der Waals surface area contributed by atoms with Crippen LogP contribution in [-0.2, 0) is 14.5 Å². The molecule has 5 N–H and O–H groups in total. The molecule has 9 nitrogen and oxygen atoms in total. The van der Waals surface area contributed by atoms with E-state index in [0.717, 1.165) is 0 Å². The van der Waals surface area contributed by atoms with Gasteiger partial charge in [-0.2, -0.15) is 8.42 Å². The lowest BCUT2D eigenvalue weighted by molar-refractivity contribution is 0.00307. The van der Waals surface area contributed by atoms with E-state index in [1.165, 1.54) is 24.5 Å². The summed E-state index contributed by atoms with van der Waals surface area (Å²) in [6.45, 7) is -0.362. The van der Waals surface area contributed by atoms with Gasteiger partial charge in [-0.05, 0) is 18.6 Å². The fourth-order valence-electron chi connectivity index (χ4n) is 2.37. The maximum atomic E-state index is 12.0. The van der Waals surface area contributed by atoms with Crippen LogP contribution in [0, 0.1) is 5.92 Å². The van der Waals surface area contributed by atoms with Gasteiger partial charge in [0.1, 0.15) is 6.10 Å². The van der Waals surface area contributed by atoms with Gasteiger partial charge < -0.3 is 15.5 Å². The molecular weight excluding hydrogens is 314 g/mol. The van der Waals surface area contributed by atoms with E-state index in [9.17, 15) is 23.4 Å². The van der Waals surface area contributed by atoms with Crippen molar-refractivity contribution < 1.29 is 27.6 Å². The highest BCUT2D eigenvalue weighted by Crippen LogP contribution is 2.27. The molecule has 1 fully saturated rings. The second-order valence-electron chi connectivity index (χ2n) is 5.07. The number of amides is 1. The summed E-state index contributed by atoms with van der Waals surface area (Å²) in [7, 11) is -4.12. The Kier molecular flexibility index (Phi) is 5.08. The molecule has 22 heavy (non-hydrogen) atoms. The van der Waals surface area contributed by atoms with Gasteiger partial charge in [0.2, 0.25) is 0 Å². The van der Waals surface area contributed by atoms with Crippen molar-refractivity contribution in [3.05, 3.63) is 30.1 Å². The van der Waals surface area contributed by atoms with Crippen molar-refractivity contribution in [2.45, 2.75) is 24.7 Å². The van der Waals surface area contributed by atoms with Crippen molar-refractivity contribution in [1.82, 2.24) is 10.3 Å². The average molecular weight is 331 g/mol. The molecule has 1 aromatic rings. The molecule has 0 radical (unpaired) electrons. The van der Waals surface area contributed by atoms with Crippen LogP contribution >= 0.6 is 0 Å². The smallest absolute Gasteiger partial charge is 0.333 e. The maximum absolute atomic E-state index is 12.0. The van der Waals surface area contributed by atoms with Crippen LogP contribution in [0.15, 0.2) is 24.5 Å². The molecule has 0 bridgehead atoms. The van der Waals surface area contributed by atoms with Crippen molar-refractivity contribution in [1.29, 1.82) is 0 Å². The summed E-state index contributed by atoms with van der Waals surface area (Å²) >= 11 is 0. The van der Waals surface area contributed by atoms with E-state index < -0.39 is 40.4 Å². The summed E-state index contributed by atoms with van der Waals surface area (Å²) in [5.74, 6) is -1.08. The second kappa shape index (κ2) is 6.67. The van der Waals surface area contributed by atoms with E-state index in [2.05, 4.69) is 14.5 Å². The Bertz CT molecular complexity index is 623. The zero-order valence-corrected chi connectivity index (χ0v) is 12.3. The molecule has 122 valence electrons. The summed E-state index contributed by atoms with van der Waals surface area (Å²) in [5, 5.41) is 27.1. The summed E-state index contributed by atoms with van der Waals surface area (Å²) in [5.41, 5.74) is 0.362. The van der Waals surface area contributed by atoms with E-state index >= 15 is 0 Å². The first-order valence-electron chi connectivity index (χ1n) is 6.52. The number of carbonyl (C=O) groups is 1. The van der Waals surface area contributed by atoms with Crippen LogP contribution in [0.3, 0.4) is 0 Å². The van der Waals surface area contributed by atoms with Crippen LogP contribution in [0.25, 0.3) is 0 Å². The Morgan fingerprint density at radius 3 is 2.59 bits per heavy atom. The monoisotopic (exact) mass is 331 g/mol. The molecule has 10 heteroatoms. The number of hydrogen-bond donors (Lipinski definition) is 4. The van der Waals surface area contributed by atoms with Gasteiger partial charge in [-0.1, -0.05) is 0 Å². The number of pyridine rings is 1. The standard InChI is InChI=1S/C12H17N3O6S/c13-22(19,20)21-6-8-5-9(11(17)10(8)16)15-12(18)7-1-3-14-4-2-7/h1-4,8-11,16-17H,5-6H2,(H,15,18)(H2,13,19,20)/t8-,9-,10-,11+/m1/s1. The van der Waals surface area contributed by atoms with Gasteiger partial charge in [0.25, 0.3) is 5.91 Å². The predicted molar refractivity (Wildman–Crippen MR) is 74.7 cm³/mol. The van der Waals surface area contributed by atoms with E-state index in [4.69, 9.17) is 5.14 Å². The largest absolute Gasteiger partial charge is 0.390 e. The van der Waals surface area contributed by atoms with Gasteiger partial charge in [-0.25, -0.2) is 5.14 Å². The van der Waals surface area contributed by atoms with Crippen molar-refractivity contribution in [2.75, 3.05) is 6.61 Å². The normalized spacial score (nSPS) is 28.5. The number of hydrogen-bond acceptors (Lipinski definition) is 7. The summed E-state index contributed by atoms with van der Waals surface area (Å²) < 4.78 is 25.9. The zero-order valence-electron chi connectivity index (χ0n) is 11.5. The number of aromatic nitrogens is 1. The van der Waals surface area contributed by atoms with Crippen molar-refractivity contribution in [2.24, 2.45) is 11.1 Å². The first kappa shape index (κ1) is 16.8.